The second kappa shape index (κ2) is 4.27. The first-order valence-corrected chi connectivity index (χ1v) is 3.08. The van der Waals surface area contributed by atoms with E-state index >= 15 is 0 Å². The van der Waals surface area contributed by atoms with Crippen molar-refractivity contribution in [2.45, 2.75) is 12.3 Å². The van der Waals surface area contributed by atoms with E-state index in [1.54, 1.807) is 0 Å². The summed E-state index contributed by atoms with van der Waals surface area (Å²) >= 11 is 0. The van der Waals surface area contributed by atoms with Gasteiger partial charge in [0.05, 0.1) is 6.54 Å². The van der Waals surface area contributed by atoms with E-state index in [1.807, 2.05) is 5.32 Å². The summed E-state index contributed by atoms with van der Waals surface area (Å²) in [4.78, 5) is 10.0. The smallest absolute Gasteiger partial charge is 0.382 e. The second-order valence-electron chi connectivity index (χ2n) is 2.15. The molecule has 0 fully saturated rings. The van der Waals surface area contributed by atoms with Crippen molar-refractivity contribution in [2.24, 2.45) is 5.73 Å². The molecular formula is C5H9F3N2O2. The molecule has 7 heteroatoms. The van der Waals surface area contributed by atoms with Crippen LogP contribution in [0.15, 0.2) is 0 Å². The standard InChI is InChI=1S/C5H9F3N2O2/c6-5(7,8)3(11)1-10-2-4(9)12/h3,10-11H,1-2H2,(H2,9,12). The van der Waals surface area contributed by atoms with Crippen molar-refractivity contribution in [2.75, 3.05) is 13.1 Å². The lowest BCUT2D eigenvalue weighted by Crippen LogP contribution is -2.41. The molecule has 0 aliphatic rings. The normalized spacial score (nSPS) is 14.3. The third kappa shape index (κ3) is 4.91. The molecule has 0 aromatic heterocycles. The van der Waals surface area contributed by atoms with Crippen LogP contribution in [0.2, 0.25) is 0 Å². The van der Waals surface area contributed by atoms with E-state index in [1.165, 1.54) is 0 Å². The number of carbonyl (C=O) groups excluding carboxylic acids is 1. The van der Waals surface area contributed by atoms with Crippen LogP contribution in [-0.2, 0) is 4.79 Å². The summed E-state index contributed by atoms with van der Waals surface area (Å²) in [6, 6.07) is 0. The van der Waals surface area contributed by atoms with Crippen molar-refractivity contribution in [1.82, 2.24) is 5.32 Å². The van der Waals surface area contributed by atoms with Crippen molar-refractivity contribution in [3.05, 3.63) is 0 Å². The Morgan fingerprint density at radius 3 is 2.42 bits per heavy atom. The predicted molar refractivity (Wildman–Crippen MR) is 34.1 cm³/mol. The molecule has 0 rings (SSSR count). The van der Waals surface area contributed by atoms with Crippen LogP contribution in [0.25, 0.3) is 0 Å². The number of hydrogen-bond donors (Lipinski definition) is 3. The highest BCUT2D eigenvalue weighted by atomic mass is 19.4. The van der Waals surface area contributed by atoms with Gasteiger partial charge < -0.3 is 16.2 Å². The Balaban J connectivity index is 3.58. The van der Waals surface area contributed by atoms with Crippen LogP contribution in [0.4, 0.5) is 13.2 Å². The van der Waals surface area contributed by atoms with E-state index in [4.69, 9.17) is 5.11 Å². The molecule has 0 heterocycles. The lowest BCUT2D eigenvalue weighted by molar-refractivity contribution is -0.201. The number of primary amides is 1. The molecule has 0 bridgehead atoms. The Morgan fingerprint density at radius 2 is 2.08 bits per heavy atom. The van der Waals surface area contributed by atoms with Gasteiger partial charge in [0.15, 0.2) is 6.10 Å². The topological polar surface area (TPSA) is 75.4 Å². The van der Waals surface area contributed by atoms with E-state index in [0.29, 0.717) is 0 Å². The fourth-order valence-corrected chi connectivity index (χ4v) is 0.448. The van der Waals surface area contributed by atoms with Gasteiger partial charge in [0.1, 0.15) is 0 Å². The summed E-state index contributed by atoms with van der Waals surface area (Å²) in [5.74, 6) is -0.774. The minimum atomic E-state index is -4.66. The summed E-state index contributed by atoms with van der Waals surface area (Å²) in [6.45, 7) is -1.11. The summed E-state index contributed by atoms with van der Waals surface area (Å²) in [6.07, 6.45) is -7.12. The van der Waals surface area contributed by atoms with E-state index in [2.05, 4.69) is 5.73 Å². The second-order valence-corrected chi connectivity index (χ2v) is 2.15. The van der Waals surface area contributed by atoms with Crippen LogP contribution in [0.3, 0.4) is 0 Å². The Hall–Kier alpha value is -0.820. The number of aliphatic hydroxyl groups excluding tert-OH is 1. The fourth-order valence-electron chi connectivity index (χ4n) is 0.448. The Labute approximate surface area is 66.5 Å². The number of rotatable bonds is 4. The molecule has 1 amide bonds. The minimum Gasteiger partial charge on any atom is -0.382 e. The largest absolute Gasteiger partial charge is 0.415 e. The molecule has 0 aliphatic heterocycles. The van der Waals surface area contributed by atoms with Gasteiger partial charge in [-0.25, -0.2) is 0 Å². The Bertz CT molecular complexity index is 159. The van der Waals surface area contributed by atoms with E-state index in [0.717, 1.165) is 0 Å². The van der Waals surface area contributed by atoms with Gasteiger partial charge in [-0.1, -0.05) is 0 Å². The molecule has 4 N–H and O–H groups in total. The van der Waals surface area contributed by atoms with Gasteiger partial charge in [-0.3, -0.25) is 4.79 Å². The first kappa shape index (κ1) is 11.2. The number of aliphatic hydroxyl groups is 1. The molecule has 12 heavy (non-hydrogen) atoms. The highest BCUT2D eigenvalue weighted by Gasteiger charge is 2.37. The maximum atomic E-state index is 11.6. The molecule has 0 saturated heterocycles. The van der Waals surface area contributed by atoms with Crippen molar-refractivity contribution >= 4 is 5.91 Å². The summed E-state index contributed by atoms with van der Waals surface area (Å²) in [7, 11) is 0. The number of amides is 1. The van der Waals surface area contributed by atoms with Gasteiger partial charge in [-0.15, -0.1) is 0 Å². The van der Waals surface area contributed by atoms with Crippen LogP contribution < -0.4 is 11.1 Å². The first-order valence-electron chi connectivity index (χ1n) is 3.08. The number of alkyl halides is 3. The molecule has 0 radical (unpaired) electrons. The molecule has 0 aliphatic carbocycles. The van der Waals surface area contributed by atoms with E-state index < -0.39 is 24.7 Å². The molecule has 1 unspecified atom stereocenters. The van der Waals surface area contributed by atoms with Crippen molar-refractivity contribution < 1.29 is 23.1 Å². The van der Waals surface area contributed by atoms with Gasteiger partial charge >= 0.3 is 6.18 Å². The molecular weight excluding hydrogens is 177 g/mol. The molecule has 0 spiro atoms. The fraction of sp³-hybridized carbons (Fsp3) is 0.800. The van der Waals surface area contributed by atoms with Gasteiger partial charge in [0, 0.05) is 6.54 Å². The van der Waals surface area contributed by atoms with E-state index in [-0.39, 0.29) is 6.54 Å². The summed E-state index contributed by atoms with van der Waals surface area (Å²) in [5, 5.41) is 10.4. The maximum Gasteiger partial charge on any atom is 0.415 e. The highest BCUT2D eigenvalue weighted by molar-refractivity contribution is 5.75. The van der Waals surface area contributed by atoms with Crippen LogP contribution in [0.1, 0.15) is 0 Å². The SMILES string of the molecule is NC(=O)CNCC(O)C(F)(F)F. The molecule has 1 atom stereocenters. The minimum absolute atomic E-state index is 0.382. The molecule has 0 saturated carbocycles. The number of nitrogens with one attached hydrogen (secondary N) is 1. The zero-order chi connectivity index (χ0) is 9.78. The number of carbonyl (C=O) groups is 1. The van der Waals surface area contributed by atoms with Gasteiger partial charge in [-0.2, -0.15) is 13.2 Å². The lowest BCUT2D eigenvalue weighted by atomic mass is 10.3. The van der Waals surface area contributed by atoms with Crippen molar-refractivity contribution in [3.8, 4) is 0 Å². The van der Waals surface area contributed by atoms with Gasteiger partial charge in [0.2, 0.25) is 5.91 Å². The average molecular weight is 186 g/mol. The summed E-state index contributed by atoms with van der Waals surface area (Å²) < 4.78 is 34.7. The van der Waals surface area contributed by atoms with Gasteiger partial charge in [-0.05, 0) is 0 Å². The lowest BCUT2D eigenvalue weighted by Gasteiger charge is -2.13. The van der Waals surface area contributed by atoms with Crippen molar-refractivity contribution in [1.29, 1.82) is 0 Å². The maximum absolute atomic E-state index is 11.6. The number of nitrogens with two attached hydrogens (primary N) is 1. The van der Waals surface area contributed by atoms with Gasteiger partial charge in [0.25, 0.3) is 0 Å². The number of hydrogen-bond acceptors (Lipinski definition) is 3. The molecule has 0 aromatic rings. The Kier molecular flexibility index (Phi) is 3.98. The van der Waals surface area contributed by atoms with Crippen LogP contribution in [0, 0.1) is 0 Å². The first-order chi connectivity index (χ1) is 5.34. The number of halogens is 3. The third-order valence-electron chi connectivity index (χ3n) is 1.01. The highest BCUT2D eigenvalue weighted by Crippen LogP contribution is 2.18. The summed E-state index contributed by atoms with van der Waals surface area (Å²) in [5.41, 5.74) is 4.62. The predicted octanol–water partition coefficient (Wildman–Crippen LogP) is -1.02. The van der Waals surface area contributed by atoms with E-state index in [9.17, 15) is 18.0 Å². The third-order valence-corrected chi connectivity index (χ3v) is 1.01. The van der Waals surface area contributed by atoms with Crippen molar-refractivity contribution in [3.63, 3.8) is 0 Å². The average Bonchev–Trinajstić information content (AvgIpc) is 1.84. The zero-order valence-electron chi connectivity index (χ0n) is 6.06. The Morgan fingerprint density at radius 1 is 1.58 bits per heavy atom. The molecule has 4 nitrogen and oxygen atoms in total. The quantitative estimate of drug-likeness (QED) is 0.526. The van der Waals surface area contributed by atoms with Crippen LogP contribution in [-0.4, -0.2) is 36.4 Å². The molecule has 0 aromatic carbocycles. The van der Waals surface area contributed by atoms with Crippen LogP contribution in [0.5, 0.6) is 0 Å². The van der Waals surface area contributed by atoms with Crippen LogP contribution >= 0.6 is 0 Å². The zero-order valence-corrected chi connectivity index (χ0v) is 6.06. The molecule has 72 valence electrons. The monoisotopic (exact) mass is 186 g/mol.